The monoisotopic (exact) mass is 266 g/mol. The summed E-state index contributed by atoms with van der Waals surface area (Å²) in [6.07, 6.45) is 1.18. The minimum Gasteiger partial charge on any atom is -0.320 e. The molecule has 4 heteroatoms. The van der Waals surface area contributed by atoms with Crippen molar-refractivity contribution in [2.75, 3.05) is 6.54 Å². The van der Waals surface area contributed by atoms with Crippen LogP contribution >= 0.6 is 11.3 Å². The van der Waals surface area contributed by atoms with Gasteiger partial charge in [-0.3, -0.25) is 10.1 Å². The van der Waals surface area contributed by atoms with Crippen LogP contribution in [0.15, 0.2) is 12.1 Å². The third kappa shape index (κ3) is 2.59. The topological polar surface area (TPSA) is 32.3 Å². The first-order valence-electron chi connectivity index (χ1n) is 6.65. The quantitative estimate of drug-likeness (QED) is 0.909. The third-order valence-corrected chi connectivity index (χ3v) is 4.66. The van der Waals surface area contributed by atoms with E-state index >= 15 is 0 Å². The number of carbonyl (C=O) groups excluding carboxylic acids is 1. The second-order valence-corrected chi connectivity index (χ2v) is 6.56. The summed E-state index contributed by atoms with van der Waals surface area (Å²) < 4.78 is 0. The van der Waals surface area contributed by atoms with E-state index in [2.05, 4.69) is 38.2 Å². The van der Waals surface area contributed by atoms with Crippen molar-refractivity contribution in [3.8, 4) is 0 Å². The fourth-order valence-corrected chi connectivity index (χ4v) is 3.22. The van der Waals surface area contributed by atoms with Crippen LogP contribution < -0.4 is 5.32 Å². The number of thiophene rings is 1. The number of rotatable bonds is 4. The first-order chi connectivity index (χ1) is 8.52. The number of amides is 1. The Bertz CT molecular complexity index is 429. The average Bonchev–Trinajstić information content (AvgIpc) is 2.88. The van der Waals surface area contributed by atoms with E-state index in [1.807, 2.05) is 11.8 Å². The molecule has 100 valence electrons. The van der Waals surface area contributed by atoms with Crippen molar-refractivity contribution < 1.29 is 4.79 Å². The maximum atomic E-state index is 12.2. The number of hydrogen-bond donors (Lipinski definition) is 1. The van der Waals surface area contributed by atoms with E-state index in [0.717, 1.165) is 13.0 Å². The van der Waals surface area contributed by atoms with Crippen LogP contribution in [0, 0.1) is 12.8 Å². The van der Waals surface area contributed by atoms with Crippen LogP contribution in [-0.2, 0) is 4.79 Å². The minimum atomic E-state index is -0.0681. The van der Waals surface area contributed by atoms with Crippen molar-refractivity contribution in [3.63, 3.8) is 0 Å². The summed E-state index contributed by atoms with van der Waals surface area (Å²) in [5.41, 5.74) is 0. The molecule has 1 aromatic rings. The molecule has 0 bridgehead atoms. The molecule has 2 rings (SSSR count). The fourth-order valence-electron chi connectivity index (χ4n) is 2.27. The second kappa shape index (κ2) is 5.41. The Morgan fingerprint density at radius 2 is 2.22 bits per heavy atom. The van der Waals surface area contributed by atoms with Crippen molar-refractivity contribution in [3.05, 3.63) is 21.9 Å². The first kappa shape index (κ1) is 13.6. The maximum Gasteiger partial charge on any atom is 0.241 e. The second-order valence-electron chi connectivity index (χ2n) is 5.24. The molecule has 1 saturated heterocycles. The van der Waals surface area contributed by atoms with E-state index in [-0.39, 0.29) is 18.1 Å². The summed E-state index contributed by atoms with van der Waals surface area (Å²) >= 11 is 1.77. The van der Waals surface area contributed by atoms with Gasteiger partial charge in [0.15, 0.2) is 0 Å². The fraction of sp³-hybridized carbons (Fsp3) is 0.643. The minimum absolute atomic E-state index is 0.0681. The standard InChI is InChI=1S/C14H22N2OS/c1-5-9(2)8-16-13(15-11(4)14(16)17)12-7-6-10(3)18-12/h6-7,9,11,13,15H,5,8H2,1-4H3. The van der Waals surface area contributed by atoms with Crippen molar-refractivity contribution in [1.29, 1.82) is 0 Å². The van der Waals surface area contributed by atoms with Crippen molar-refractivity contribution in [1.82, 2.24) is 10.2 Å². The molecule has 3 atom stereocenters. The third-order valence-electron chi connectivity index (χ3n) is 3.61. The lowest BCUT2D eigenvalue weighted by Gasteiger charge is -2.26. The Kier molecular flexibility index (Phi) is 4.07. The van der Waals surface area contributed by atoms with E-state index in [1.165, 1.54) is 9.75 Å². The van der Waals surface area contributed by atoms with E-state index < -0.39 is 0 Å². The Balaban J connectivity index is 2.19. The first-order valence-corrected chi connectivity index (χ1v) is 7.47. The van der Waals surface area contributed by atoms with Crippen LogP contribution in [0.4, 0.5) is 0 Å². The van der Waals surface area contributed by atoms with Gasteiger partial charge in [-0.05, 0) is 31.9 Å². The highest BCUT2D eigenvalue weighted by Crippen LogP contribution is 2.31. The molecule has 0 aliphatic carbocycles. The normalized spacial score (nSPS) is 25.8. The molecule has 2 heterocycles. The zero-order valence-electron chi connectivity index (χ0n) is 11.6. The van der Waals surface area contributed by atoms with Crippen LogP contribution in [0.3, 0.4) is 0 Å². The molecule has 1 fully saturated rings. The zero-order chi connectivity index (χ0) is 13.3. The average molecular weight is 266 g/mol. The molecule has 0 aromatic carbocycles. The Labute approximate surface area is 113 Å². The van der Waals surface area contributed by atoms with Gasteiger partial charge < -0.3 is 4.90 Å². The lowest BCUT2D eigenvalue weighted by atomic mass is 10.1. The van der Waals surface area contributed by atoms with Gasteiger partial charge in [-0.15, -0.1) is 11.3 Å². The highest BCUT2D eigenvalue weighted by molar-refractivity contribution is 7.12. The van der Waals surface area contributed by atoms with Crippen LogP contribution in [-0.4, -0.2) is 23.4 Å². The van der Waals surface area contributed by atoms with E-state index in [9.17, 15) is 4.79 Å². The Morgan fingerprint density at radius 3 is 2.78 bits per heavy atom. The zero-order valence-corrected chi connectivity index (χ0v) is 12.4. The molecule has 18 heavy (non-hydrogen) atoms. The van der Waals surface area contributed by atoms with Crippen LogP contribution in [0.5, 0.6) is 0 Å². The van der Waals surface area contributed by atoms with Gasteiger partial charge in [0.2, 0.25) is 5.91 Å². The lowest BCUT2D eigenvalue weighted by Crippen LogP contribution is -2.34. The summed E-state index contributed by atoms with van der Waals surface area (Å²) in [4.78, 5) is 16.8. The molecule has 0 spiro atoms. The number of carbonyl (C=O) groups is 1. The summed E-state index contributed by atoms with van der Waals surface area (Å²) in [7, 11) is 0. The predicted octanol–water partition coefficient (Wildman–Crippen LogP) is 2.92. The molecular formula is C14H22N2OS. The SMILES string of the molecule is CCC(C)CN1C(=O)C(C)NC1c1ccc(C)s1. The van der Waals surface area contributed by atoms with Crippen molar-refractivity contribution in [2.45, 2.75) is 46.3 Å². The van der Waals surface area contributed by atoms with Gasteiger partial charge in [0, 0.05) is 16.3 Å². The molecule has 0 saturated carbocycles. The summed E-state index contributed by atoms with van der Waals surface area (Å²) in [6.45, 7) is 9.27. The number of aryl methyl sites for hydroxylation is 1. The van der Waals surface area contributed by atoms with Crippen LogP contribution in [0.1, 0.15) is 43.1 Å². The number of nitrogens with one attached hydrogen (secondary N) is 1. The lowest BCUT2D eigenvalue weighted by molar-refractivity contribution is -0.130. The maximum absolute atomic E-state index is 12.2. The highest BCUT2D eigenvalue weighted by Gasteiger charge is 2.37. The van der Waals surface area contributed by atoms with Gasteiger partial charge in [-0.2, -0.15) is 0 Å². The summed E-state index contributed by atoms with van der Waals surface area (Å²) in [5, 5.41) is 3.40. The van der Waals surface area contributed by atoms with Gasteiger partial charge in [-0.1, -0.05) is 20.3 Å². The highest BCUT2D eigenvalue weighted by atomic mass is 32.1. The molecule has 1 aromatic heterocycles. The van der Waals surface area contributed by atoms with Gasteiger partial charge in [0.25, 0.3) is 0 Å². The van der Waals surface area contributed by atoms with E-state index in [4.69, 9.17) is 0 Å². The van der Waals surface area contributed by atoms with Crippen LogP contribution in [0.2, 0.25) is 0 Å². The van der Waals surface area contributed by atoms with Gasteiger partial charge in [-0.25, -0.2) is 0 Å². The van der Waals surface area contributed by atoms with Gasteiger partial charge >= 0.3 is 0 Å². The van der Waals surface area contributed by atoms with Crippen molar-refractivity contribution >= 4 is 17.2 Å². The Morgan fingerprint density at radius 1 is 1.50 bits per heavy atom. The molecular weight excluding hydrogens is 244 g/mol. The summed E-state index contributed by atoms with van der Waals surface area (Å²) in [6, 6.07) is 4.19. The predicted molar refractivity (Wildman–Crippen MR) is 75.6 cm³/mol. The van der Waals surface area contributed by atoms with E-state index in [0.29, 0.717) is 5.92 Å². The van der Waals surface area contributed by atoms with Gasteiger partial charge in [0.1, 0.15) is 6.17 Å². The molecule has 3 nitrogen and oxygen atoms in total. The molecule has 1 amide bonds. The largest absolute Gasteiger partial charge is 0.320 e. The smallest absolute Gasteiger partial charge is 0.241 e. The van der Waals surface area contributed by atoms with Gasteiger partial charge in [0.05, 0.1) is 6.04 Å². The number of nitrogens with zero attached hydrogens (tertiary/aromatic N) is 1. The summed E-state index contributed by atoms with van der Waals surface area (Å²) in [5.74, 6) is 0.774. The van der Waals surface area contributed by atoms with Crippen molar-refractivity contribution in [2.24, 2.45) is 5.92 Å². The van der Waals surface area contributed by atoms with E-state index in [1.54, 1.807) is 11.3 Å². The Hall–Kier alpha value is -0.870. The molecule has 1 N–H and O–H groups in total. The number of hydrogen-bond acceptors (Lipinski definition) is 3. The van der Waals surface area contributed by atoms with Crippen LogP contribution in [0.25, 0.3) is 0 Å². The molecule has 3 unspecified atom stereocenters. The molecule has 0 radical (unpaired) electrons. The molecule has 1 aliphatic heterocycles. The molecule has 1 aliphatic rings.